The third-order valence-corrected chi connectivity index (χ3v) is 8.67. The number of amides is 2. The third kappa shape index (κ3) is 6.73. The summed E-state index contributed by atoms with van der Waals surface area (Å²) in [6, 6.07) is 11.0. The molecule has 1 aromatic heterocycles. The molecule has 1 heterocycles. The molecule has 0 bridgehead atoms. The largest absolute Gasteiger partial charge is 0.493 e. The van der Waals surface area contributed by atoms with E-state index in [4.69, 9.17) is 14.2 Å². The van der Waals surface area contributed by atoms with Gasteiger partial charge in [0.15, 0.2) is 11.5 Å². The number of carbonyl (C=O) groups excluding carboxylic acids is 2. The number of aliphatic hydroxyl groups is 1. The number of aromatic amines is 1. The van der Waals surface area contributed by atoms with Crippen molar-refractivity contribution in [3.63, 3.8) is 0 Å². The molecular formula is C35H41N5O7. The first-order chi connectivity index (χ1) is 22.6. The van der Waals surface area contributed by atoms with Crippen LogP contribution in [0.5, 0.6) is 17.2 Å². The number of nitrogens with zero attached hydrogens (tertiary/aromatic N) is 1. The van der Waals surface area contributed by atoms with E-state index in [1.54, 1.807) is 38.5 Å². The second-order valence-corrected chi connectivity index (χ2v) is 11.7. The highest BCUT2D eigenvalue weighted by atomic mass is 16.5. The maximum atomic E-state index is 13.9. The predicted molar refractivity (Wildman–Crippen MR) is 180 cm³/mol. The highest BCUT2D eigenvalue weighted by Crippen LogP contribution is 2.50. The lowest BCUT2D eigenvalue weighted by atomic mass is 9.95. The standard InChI is InChI=1S/C35H41N5O7/c1-7-18(2)32(35(44)37-21-9-12-25-27(15-21)39-30(17-41)38-25)40-26-13-10-22-23(16-28(26)43)24(36-19(3)42)11-8-20-14-29(45-4)33(46-5)34(47-6)31(20)22/h9-10,12-16,18,24,32,41H,7-8,11,17H2,1-6H3,(H,36,42)(H,37,44)(H,38,39)(H,40,43)/t18-,24+,32-/m0/s1. The molecule has 0 saturated heterocycles. The summed E-state index contributed by atoms with van der Waals surface area (Å²) in [6.07, 6.45) is 1.78. The van der Waals surface area contributed by atoms with Crippen molar-refractivity contribution >= 4 is 34.2 Å². The number of ether oxygens (including phenoxy) is 3. The number of aryl methyl sites for hydroxylation is 1. The van der Waals surface area contributed by atoms with Crippen molar-refractivity contribution in [3.05, 3.63) is 69.6 Å². The van der Waals surface area contributed by atoms with Gasteiger partial charge in [-0.15, -0.1) is 0 Å². The van der Waals surface area contributed by atoms with Crippen LogP contribution in [0.2, 0.25) is 0 Å². The van der Waals surface area contributed by atoms with E-state index in [1.807, 2.05) is 26.0 Å². The fourth-order valence-corrected chi connectivity index (χ4v) is 6.13. The Kier molecular flexibility index (Phi) is 10.00. The molecular weight excluding hydrogens is 602 g/mol. The van der Waals surface area contributed by atoms with Crippen LogP contribution in [-0.2, 0) is 22.6 Å². The molecule has 0 unspecified atom stereocenters. The number of imidazole rings is 1. The number of hydrogen-bond donors (Lipinski definition) is 5. The van der Waals surface area contributed by atoms with Crippen molar-refractivity contribution in [2.24, 2.45) is 5.92 Å². The summed E-state index contributed by atoms with van der Waals surface area (Å²) in [5.41, 5.74) is 4.77. The van der Waals surface area contributed by atoms with Crippen LogP contribution in [0.25, 0.3) is 22.2 Å². The molecule has 248 valence electrons. The Morgan fingerprint density at radius 3 is 2.49 bits per heavy atom. The number of methoxy groups -OCH3 is 3. The van der Waals surface area contributed by atoms with E-state index in [0.717, 1.165) is 11.1 Å². The normalized spacial score (nSPS) is 15.0. The predicted octanol–water partition coefficient (Wildman–Crippen LogP) is 4.70. The zero-order valence-corrected chi connectivity index (χ0v) is 27.4. The molecule has 12 nitrogen and oxygen atoms in total. The Bertz CT molecular complexity index is 1870. The Morgan fingerprint density at radius 2 is 1.83 bits per heavy atom. The van der Waals surface area contributed by atoms with E-state index in [1.165, 1.54) is 20.1 Å². The van der Waals surface area contributed by atoms with E-state index < -0.39 is 12.1 Å². The maximum Gasteiger partial charge on any atom is 0.247 e. The first kappa shape index (κ1) is 33.3. The molecule has 1 aliphatic rings. The van der Waals surface area contributed by atoms with Crippen LogP contribution in [-0.4, -0.2) is 54.3 Å². The Hall–Kier alpha value is -5.10. The van der Waals surface area contributed by atoms with Crippen LogP contribution in [0.3, 0.4) is 0 Å². The average Bonchev–Trinajstić information content (AvgIpc) is 3.34. The van der Waals surface area contributed by atoms with E-state index in [0.29, 0.717) is 70.2 Å². The maximum absolute atomic E-state index is 13.9. The topological polar surface area (TPSA) is 164 Å². The smallest absolute Gasteiger partial charge is 0.247 e. The fourth-order valence-electron chi connectivity index (χ4n) is 6.13. The highest BCUT2D eigenvalue weighted by Gasteiger charge is 2.30. The molecule has 2 amide bonds. The van der Waals surface area contributed by atoms with Gasteiger partial charge in [0.2, 0.25) is 23.0 Å². The fraction of sp³-hybridized carbons (Fsp3) is 0.371. The lowest BCUT2D eigenvalue weighted by Crippen LogP contribution is -2.40. The van der Waals surface area contributed by atoms with E-state index in [2.05, 4.69) is 25.9 Å². The summed E-state index contributed by atoms with van der Waals surface area (Å²) in [7, 11) is 4.64. The Balaban J connectivity index is 1.58. The minimum absolute atomic E-state index is 0.140. The van der Waals surface area contributed by atoms with Crippen LogP contribution in [0, 0.1) is 5.92 Å². The number of aromatic nitrogens is 2. The number of hydrogen-bond acceptors (Lipinski definition) is 9. The first-order valence-corrected chi connectivity index (χ1v) is 15.6. The van der Waals surface area contributed by atoms with Gasteiger partial charge >= 0.3 is 0 Å². The number of rotatable bonds is 11. The lowest BCUT2D eigenvalue weighted by molar-refractivity contribution is -0.120. The second kappa shape index (κ2) is 14.1. The second-order valence-electron chi connectivity index (χ2n) is 11.7. The van der Waals surface area contributed by atoms with Gasteiger partial charge in [-0.25, -0.2) is 4.98 Å². The number of aliphatic hydroxyl groups excluding tert-OH is 1. The molecule has 0 fully saturated rings. The number of anilines is 2. The zero-order valence-electron chi connectivity index (χ0n) is 27.4. The molecule has 5 rings (SSSR count). The van der Waals surface area contributed by atoms with Crippen molar-refractivity contribution in [3.8, 4) is 28.4 Å². The van der Waals surface area contributed by atoms with E-state index in [-0.39, 0.29) is 35.5 Å². The minimum Gasteiger partial charge on any atom is -0.493 e. The van der Waals surface area contributed by atoms with Crippen molar-refractivity contribution < 1.29 is 28.9 Å². The number of carbonyl (C=O) groups is 2. The molecule has 0 spiro atoms. The van der Waals surface area contributed by atoms with Crippen molar-refractivity contribution in [1.29, 1.82) is 0 Å². The highest BCUT2D eigenvalue weighted by molar-refractivity contribution is 5.98. The van der Waals surface area contributed by atoms with Gasteiger partial charge in [0.05, 0.1) is 44.1 Å². The molecule has 3 aromatic carbocycles. The van der Waals surface area contributed by atoms with Crippen LogP contribution in [0.4, 0.5) is 11.4 Å². The molecule has 4 aromatic rings. The molecule has 3 atom stereocenters. The summed E-state index contributed by atoms with van der Waals surface area (Å²) in [5.74, 6) is 1.14. The van der Waals surface area contributed by atoms with Crippen LogP contribution >= 0.6 is 0 Å². The van der Waals surface area contributed by atoms with Gasteiger partial charge in [-0.2, -0.15) is 0 Å². The summed E-state index contributed by atoms with van der Waals surface area (Å²) in [5, 5.41) is 18.6. The molecule has 5 N–H and O–H groups in total. The molecule has 0 radical (unpaired) electrons. The van der Waals surface area contributed by atoms with Gasteiger partial charge in [0, 0.05) is 18.2 Å². The SMILES string of the molecule is CC[C@H](C)[C@H](Nc1ccc2c(cc1=O)[C@H](NC(C)=O)CCc1cc(OC)c(OC)c(OC)c1-2)C(=O)Nc1ccc2nc(CO)[nH]c2c1. The number of benzene rings is 2. The van der Waals surface area contributed by atoms with E-state index in [9.17, 15) is 19.5 Å². The Labute approximate surface area is 272 Å². The summed E-state index contributed by atoms with van der Waals surface area (Å²) in [4.78, 5) is 47.3. The minimum atomic E-state index is -0.752. The third-order valence-electron chi connectivity index (χ3n) is 8.67. The Morgan fingerprint density at radius 1 is 1.06 bits per heavy atom. The van der Waals surface area contributed by atoms with Gasteiger partial charge < -0.3 is 40.3 Å². The van der Waals surface area contributed by atoms with Crippen molar-refractivity contribution in [2.75, 3.05) is 32.0 Å². The van der Waals surface area contributed by atoms with Gasteiger partial charge in [0.1, 0.15) is 18.5 Å². The van der Waals surface area contributed by atoms with Crippen LogP contribution < -0.4 is 35.6 Å². The number of H-pyrrole nitrogens is 1. The average molecular weight is 644 g/mol. The molecule has 12 heteroatoms. The molecule has 1 aliphatic carbocycles. The van der Waals surface area contributed by atoms with Crippen LogP contribution in [0.1, 0.15) is 56.6 Å². The van der Waals surface area contributed by atoms with Crippen molar-refractivity contribution in [1.82, 2.24) is 15.3 Å². The van der Waals surface area contributed by atoms with Crippen molar-refractivity contribution in [2.45, 2.75) is 58.7 Å². The first-order valence-electron chi connectivity index (χ1n) is 15.6. The van der Waals surface area contributed by atoms with Crippen LogP contribution in [0.15, 0.2) is 47.3 Å². The molecule has 0 aliphatic heterocycles. The number of fused-ring (bicyclic) bond motifs is 4. The van der Waals surface area contributed by atoms with E-state index >= 15 is 0 Å². The van der Waals surface area contributed by atoms with Gasteiger partial charge in [-0.05, 0) is 71.8 Å². The lowest BCUT2D eigenvalue weighted by Gasteiger charge is -2.24. The summed E-state index contributed by atoms with van der Waals surface area (Å²) >= 11 is 0. The summed E-state index contributed by atoms with van der Waals surface area (Å²) in [6.45, 7) is 5.15. The summed E-state index contributed by atoms with van der Waals surface area (Å²) < 4.78 is 17.2. The quantitative estimate of drug-likeness (QED) is 0.156. The number of nitrogens with one attached hydrogen (secondary N) is 4. The monoisotopic (exact) mass is 643 g/mol. The molecule has 47 heavy (non-hydrogen) atoms. The molecule has 0 saturated carbocycles. The zero-order chi connectivity index (χ0) is 33.8. The van der Waals surface area contributed by atoms with Gasteiger partial charge in [-0.3, -0.25) is 14.4 Å². The van der Waals surface area contributed by atoms with Gasteiger partial charge in [-0.1, -0.05) is 26.3 Å². The van der Waals surface area contributed by atoms with Gasteiger partial charge in [0.25, 0.3) is 0 Å².